The molecule has 0 aliphatic carbocycles. The van der Waals surface area contributed by atoms with Crippen molar-refractivity contribution in [3.8, 4) is 0 Å². The molecule has 0 spiro atoms. The maximum atomic E-state index is 11.4. The standard InChI is InChI=1S/C11H13N3O2/c1-3-10(15)9-4-5-14(6-9)7-11-12-8(2)13-16-11/h4-6H,3,7H2,1-2H3. The molecule has 0 amide bonds. The molecular weight excluding hydrogens is 206 g/mol. The number of hydrogen-bond acceptors (Lipinski definition) is 4. The number of Topliss-reactive ketones (excluding diaryl/α,β-unsaturated/α-hetero) is 1. The zero-order valence-corrected chi connectivity index (χ0v) is 9.30. The van der Waals surface area contributed by atoms with Gasteiger partial charge in [-0.25, -0.2) is 0 Å². The molecule has 5 nitrogen and oxygen atoms in total. The Balaban J connectivity index is 2.11. The lowest BCUT2D eigenvalue weighted by molar-refractivity contribution is 0.0988. The van der Waals surface area contributed by atoms with E-state index in [0.717, 1.165) is 5.56 Å². The van der Waals surface area contributed by atoms with Gasteiger partial charge in [0.05, 0.1) is 0 Å². The number of ketones is 1. The number of nitrogens with zero attached hydrogens (tertiary/aromatic N) is 3. The van der Waals surface area contributed by atoms with Crippen molar-refractivity contribution < 1.29 is 9.32 Å². The van der Waals surface area contributed by atoms with Crippen LogP contribution < -0.4 is 0 Å². The summed E-state index contributed by atoms with van der Waals surface area (Å²) in [5.74, 6) is 1.30. The fourth-order valence-corrected chi connectivity index (χ4v) is 1.47. The summed E-state index contributed by atoms with van der Waals surface area (Å²) in [5, 5.41) is 3.70. The highest BCUT2D eigenvalue weighted by Gasteiger charge is 2.07. The molecule has 5 heteroatoms. The van der Waals surface area contributed by atoms with Crippen LogP contribution in [0.2, 0.25) is 0 Å². The second-order valence-corrected chi connectivity index (χ2v) is 3.58. The summed E-state index contributed by atoms with van der Waals surface area (Å²) < 4.78 is 6.85. The molecule has 0 fully saturated rings. The molecule has 0 aliphatic heterocycles. The van der Waals surface area contributed by atoms with Crippen LogP contribution in [0.1, 0.15) is 35.4 Å². The van der Waals surface area contributed by atoms with Gasteiger partial charge in [-0.2, -0.15) is 4.98 Å². The van der Waals surface area contributed by atoms with Gasteiger partial charge < -0.3 is 9.09 Å². The minimum absolute atomic E-state index is 0.139. The molecule has 0 N–H and O–H groups in total. The predicted octanol–water partition coefficient (Wildman–Crippen LogP) is 1.82. The number of aryl methyl sites for hydroxylation is 1. The summed E-state index contributed by atoms with van der Waals surface area (Å²) >= 11 is 0. The number of hydrogen-bond donors (Lipinski definition) is 0. The summed E-state index contributed by atoms with van der Waals surface area (Å²) in [6.07, 6.45) is 4.15. The van der Waals surface area contributed by atoms with Crippen LogP contribution in [0.25, 0.3) is 0 Å². The maximum absolute atomic E-state index is 11.4. The zero-order valence-electron chi connectivity index (χ0n) is 9.30. The summed E-state index contributed by atoms with van der Waals surface area (Å²) in [4.78, 5) is 15.5. The van der Waals surface area contributed by atoms with Crippen LogP contribution in [0, 0.1) is 6.92 Å². The first-order valence-electron chi connectivity index (χ1n) is 5.17. The largest absolute Gasteiger partial charge is 0.344 e. The van der Waals surface area contributed by atoms with Gasteiger partial charge in [0.2, 0.25) is 5.89 Å². The molecule has 0 unspecified atom stereocenters. The molecule has 0 atom stereocenters. The van der Waals surface area contributed by atoms with Crippen LogP contribution >= 0.6 is 0 Å². The molecule has 0 bridgehead atoms. The van der Waals surface area contributed by atoms with Crippen LogP contribution in [0.5, 0.6) is 0 Å². The smallest absolute Gasteiger partial charge is 0.246 e. The molecule has 2 rings (SSSR count). The monoisotopic (exact) mass is 219 g/mol. The molecular formula is C11H13N3O2. The summed E-state index contributed by atoms with van der Waals surface area (Å²) in [7, 11) is 0. The van der Waals surface area contributed by atoms with Gasteiger partial charge in [-0.3, -0.25) is 4.79 Å². The fraction of sp³-hybridized carbons (Fsp3) is 0.364. The zero-order chi connectivity index (χ0) is 11.5. The predicted molar refractivity (Wildman–Crippen MR) is 57.2 cm³/mol. The lowest BCUT2D eigenvalue weighted by Gasteiger charge is -1.96. The average Bonchev–Trinajstić information content (AvgIpc) is 2.87. The van der Waals surface area contributed by atoms with E-state index < -0.39 is 0 Å². The Bertz CT molecular complexity index is 499. The highest BCUT2D eigenvalue weighted by atomic mass is 16.5. The van der Waals surface area contributed by atoms with E-state index >= 15 is 0 Å². The van der Waals surface area contributed by atoms with Crippen molar-refractivity contribution >= 4 is 5.78 Å². The first kappa shape index (κ1) is 10.6. The first-order valence-corrected chi connectivity index (χ1v) is 5.17. The molecule has 84 valence electrons. The Hall–Kier alpha value is -1.91. The minimum atomic E-state index is 0.139. The van der Waals surface area contributed by atoms with Crippen molar-refractivity contribution in [3.05, 3.63) is 35.7 Å². The SMILES string of the molecule is CCC(=O)c1ccn(Cc2nc(C)no2)c1. The quantitative estimate of drug-likeness (QED) is 0.736. The van der Waals surface area contributed by atoms with Gasteiger partial charge in [-0.05, 0) is 13.0 Å². The lowest BCUT2D eigenvalue weighted by atomic mass is 10.2. The van der Waals surface area contributed by atoms with Crippen molar-refractivity contribution in [1.82, 2.24) is 14.7 Å². The Morgan fingerprint density at radius 2 is 2.38 bits per heavy atom. The second kappa shape index (κ2) is 4.30. The van der Waals surface area contributed by atoms with Crippen molar-refractivity contribution in [2.24, 2.45) is 0 Å². The Morgan fingerprint density at radius 1 is 1.56 bits per heavy atom. The van der Waals surface area contributed by atoms with Gasteiger partial charge in [0, 0.05) is 24.4 Å². The molecule has 0 saturated heterocycles. The van der Waals surface area contributed by atoms with E-state index in [-0.39, 0.29) is 5.78 Å². The molecule has 16 heavy (non-hydrogen) atoms. The number of aromatic nitrogens is 3. The highest BCUT2D eigenvalue weighted by molar-refractivity contribution is 5.95. The highest BCUT2D eigenvalue weighted by Crippen LogP contribution is 2.07. The summed E-state index contributed by atoms with van der Waals surface area (Å²) in [6, 6.07) is 1.80. The third kappa shape index (κ3) is 2.18. The van der Waals surface area contributed by atoms with E-state index in [1.54, 1.807) is 19.2 Å². The molecule has 0 saturated carbocycles. The third-order valence-electron chi connectivity index (χ3n) is 2.28. The summed E-state index contributed by atoms with van der Waals surface area (Å²) in [6.45, 7) is 4.12. The van der Waals surface area contributed by atoms with Gasteiger partial charge in [0.1, 0.15) is 6.54 Å². The second-order valence-electron chi connectivity index (χ2n) is 3.58. The summed E-state index contributed by atoms with van der Waals surface area (Å²) in [5.41, 5.74) is 0.721. The number of carbonyl (C=O) groups excluding carboxylic acids is 1. The first-order chi connectivity index (χ1) is 7.69. The van der Waals surface area contributed by atoms with E-state index in [4.69, 9.17) is 4.52 Å². The normalized spacial score (nSPS) is 10.6. The number of carbonyl (C=O) groups is 1. The molecule has 0 aliphatic rings. The minimum Gasteiger partial charge on any atom is -0.344 e. The molecule has 2 aromatic heterocycles. The molecule has 2 heterocycles. The van der Waals surface area contributed by atoms with Crippen LogP contribution in [-0.4, -0.2) is 20.5 Å². The van der Waals surface area contributed by atoms with Gasteiger partial charge >= 0.3 is 0 Å². The Morgan fingerprint density at radius 3 is 3.00 bits per heavy atom. The lowest BCUT2D eigenvalue weighted by Crippen LogP contribution is -1.98. The number of rotatable bonds is 4. The molecule has 0 aromatic carbocycles. The van der Waals surface area contributed by atoms with Crippen molar-refractivity contribution in [3.63, 3.8) is 0 Å². The van der Waals surface area contributed by atoms with E-state index in [0.29, 0.717) is 24.7 Å². The Kier molecular flexibility index (Phi) is 2.85. The van der Waals surface area contributed by atoms with Gasteiger partial charge in [0.15, 0.2) is 11.6 Å². The van der Waals surface area contributed by atoms with E-state index in [2.05, 4.69) is 10.1 Å². The Labute approximate surface area is 93.1 Å². The van der Waals surface area contributed by atoms with Crippen molar-refractivity contribution in [1.29, 1.82) is 0 Å². The van der Waals surface area contributed by atoms with Crippen LogP contribution in [0.15, 0.2) is 23.0 Å². The molecule has 0 radical (unpaired) electrons. The molecule has 2 aromatic rings. The van der Waals surface area contributed by atoms with Crippen molar-refractivity contribution in [2.45, 2.75) is 26.8 Å². The van der Waals surface area contributed by atoms with Gasteiger partial charge in [-0.15, -0.1) is 0 Å². The van der Waals surface area contributed by atoms with Crippen LogP contribution in [-0.2, 0) is 6.54 Å². The van der Waals surface area contributed by atoms with Gasteiger partial charge in [-0.1, -0.05) is 12.1 Å². The van der Waals surface area contributed by atoms with E-state index in [9.17, 15) is 4.79 Å². The van der Waals surface area contributed by atoms with E-state index in [1.807, 2.05) is 17.7 Å². The average molecular weight is 219 g/mol. The fourth-order valence-electron chi connectivity index (χ4n) is 1.47. The van der Waals surface area contributed by atoms with E-state index in [1.165, 1.54) is 0 Å². The van der Waals surface area contributed by atoms with Crippen LogP contribution in [0.4, 0.5) is 0 Å². The van der Waals surface area contributed by atoms with Crippen LogP contribution in [0.3, 0.4) is 0 Å². The maximum Gasteiger partial charge on any atom is 0.246 e. The van der Waals surface area contributed by atoms with Crippen molar-refractivity contribution in [2.75, 3.05) is 0 Å². The topological polar surface area (TPSA) is 60.9 Å². The third-order valence-corrected chi connectivity index (χ3v) is 2.28. The van der Waals surface area contributed by atoms with Gasteiger partial charge in [0.25, 0.3) is 0 Å².